The summed E-state index contributed by atoms with van der Waals surface area (Å²) in [6.07, 6.45) is 1.58. The topological polar surface area (TPSA) is 100 Å². The van der Waals surface area contributed by atoms with E-state index < -0.39 is 53.3 Å². The van der Waals surface area contributed by atoms with Crippen LogP contribution in [0.4, 0.5) is 8.78 Å². The van der Waals surface area contributed by atoms with Crippen molar-refractivity contribution in [1.82, 2.24) is 5.32 Å². The summed E-state index contributed by atoms with van der Waals surface area (Å²) in [6, 6.07) is 0.945. The zero-order valence-electron chi connectivity index (χ0n) is 24.6. The molecule has 5 rings (SSSR count). The third-order valence-electron chi connectivity index (χ3n) is 8.84. The Morgan fingerprint density at radius 2 is 1.85 bits per heavy atom. The molecule has 220 valence electrons. The Hall–Kier alpha value is -2.53. The van der Waals surface area contributed by atoms with Gasteiger partial charge < -0.3 is 28.9 Å². The number of hydrogen-bond acceptors (Lipinski definition) is 7. The lowest BCUT2D eigenvalue weighted by atomic mass is 9.43. The van der Waals surface area contributed by atoms with Crippen LogP contribution in [0.5, 0.6) is 5.75 Å². The van der Waals surface area contributed by atoms with Gasteiger partial charge in [-0.1, -0.05) is 13.8 Å². The summed E-state index contributed by atoms with van der Waals surface area (Å²) in [6.45, 7) is 12.7. The van der Waals surface area contributed by atoms with E-state index in [1.165, 1.54) is 14.0 Å². The van der Waals surface area contributed by atoms with Crippen molar-refractivity contribution in [3.8, 4) is 5.75 Å². The molecule has 1 amide bonds. The summed E-state index contributed by atoms with van der Waals surface area (Å²) in [7, 11) is 0.354. The molecule has 1 saturated heterocycles. The lowest BCUT2D eigenvalue weighted by molar-refractivity contribution is -0.199. The van der Waals surface area contributed by atoms with E-state index in [4.69, 9.17) is 18.8 Å². The Balaban J connectivity index is 1.67. The number of nitrogens with one attached hydrogen (secondary N) is 1. The molecule has 0 radical (unpaired) electrons. The van der Waals surface area contributed by atoms with E-state index in [0.29, 0.717) is 5.92 Å². The van der Waals surface area contributed by atoms with E-state index in [0.717, 1.165) is 18.9 Å². The largest absolute Gasteiger partial charge is 0.495 e. The minimum atomic E-state index is -1.38. The van der Waals surface area contributed by atoms with Gasteiger partial charge in [0.1, 0.15) is 22.7 Å². The molecule has 11 heteroatoms. The van der Waals surface area contributed by atoms with Crippen molar-refractivity contribution in [3.63, 3.8) is 0 Å². The maximum Gasteiger partial charge on any atom is 0.482 e. The maximum absolute atomic E-state index is 14.9. The van der Waals surface area contributed by atoms with Gasteiger partial charge in [0.2, 0.25) is 5.91 Å². The SMILES string of the molecule is COc1c(CC(NC(=O)CCC(C)=O)B2OC3CC4CC(C4(C)C)C3(C)O2)cc(F)c(F)c1C(=O)OC(C)(C)C. The highest BCUT2D eigenvalue weighted by Crippen LogP contribution is 2.65. The molecule has 4 fully saturated rings. The van der Waals surface area contributed by atoms with Crippen molar-refractivity contribution >= 4 is 24.8 Å². The van der Waals surface area contributed by atoms with E-state index in [-0.39, 0.29) is 53.8 Å². The van der Waals surface area contributed by atoms with Crippen LogP contribution in [-0.4, -0.2) is 55.1 Å². The number of ketones is 1. The first-order valence-corrected chi connectivity index (χ1v) is 13.9. The van der Waals surface area contributed by atoms with Crippen molar-refractivity contribution in [3.05, 3.63) is 28.8 Å². The number of halogens is 2. The molecule has 1 aromatic rings. The molecular formula is C29H40BF2NO7. The van der Waals surface area contributed by atoms with Gasteiger partial charge in [-0.3, -0.25) is 4.79 Å². The predicted molar refractivity (Wildman–Crippen MR) is 144 cm³/mol. The smallest absolute Gasteiger partial charge is 0.482 e. The highest BCUT2D eigenvalue weighted by molar-refractivity contribution is 6.48. The average molecular weight is 563 g/mol. The lowest BCUT2D eigenvalue weighted by Gasteiger charge is -2.64. The summed E-state index contributed by atoms with van der Waals surface area (Å²) < 4.78 is 53.5. The Bertz CT molecular complexity index is 1200. The summed E-state index contributed by atoms with van der Waals surface area (Å²) in [5, 5.41) is 2.88. The monoisotopic (exact) mass is 563 g/mol. The minimum Gasteiger partial charge on any atom is -0.495 e. The van der Waals surface area contributed by atoms with Gasteiger partial charge in [0.25, 0.3) is 0 Å². The molecule has 1 aliphatic heterocycles. The molecule has 1 N–H and O–H groups in total. The first-order valence-electron chi connectivity index (χ1n) is 13.9. The van der Waals surface area contributed by atoms with Crippen LogP contribution < -0.4 is 10.1 Å². The fourth-order valence-corrected chi connectivity index (χ4v) is 6.65. The second-order valence-electron chi connectivity index (χ2n) is 13.2. The van der Waals surface area contributed by atoms with Gasteiger partial charge in [0.15, 0.2) is 11.6 Å². The van der Waals surface area contributed by atoms with Crippen LogP contribution in [0.1, 0.15) is 90.1 Å². The van der Waals surface area contributed by atoms with E-state index >= 15 is 0 Å². The highest BCUT2D eigenvalue weighted by atomic mass is 19.2. The van der Waals surface area contributed by atoms with Crippen molar-refractivity contribution in [2.24, 2.45) is 17.3 Å². The summed E-state index contributed by atoms with van der Waals surface area (Å²) in [4.78, 5) is 37.2. The predicted octanol–water partition coefficient (Wildman–Crippen LogP) is 4.59. The standard InChI is InChI=1S/C29H40BF2NO7/c1-15(34)9-10-22(35)33-21(30-39-20-14-17-13-19(28(17,5)6)29(20,7)40-30)12-16-11-18(31)24(32)23(25(16)37-8)26(36)38-27(2,3)4/h11,17,19-21H,9-10,12-14H2,1-8H3,(H,33,35). The van der Waals surface area contributed by atoms with Gasteiger partial charge in [0.05, 0.1) is 24.8 Å². The molecule has 0 aromatic heterocycles. The van der Waals surface area contributed by atoms with Gasteiger partial charge in [-0.2, -0.15) is 0 Å². The molecule has 40 heavy (non-hydrogen) atoms. The summed E-state index contributed by atoms with van der Waals surface area (Å²) in [5.41, 5.74) is -1.97. The first-order chi connectivity index (χ1) is 18.5. The molecule has 1 heterocycles. The van der Waals surface area contributed by atoms with E-state index in [2.05, 4.69) is 19.2 Å². The third kappa shape index (κ3) is 5.64. The summed E-state index contributed by atoms with van der Waals surface area (Å²) >= 11 is 0. The average Bonchev–Trinajstić information content (AvgIpc) is 3.20. The van der Waals surface area contributed by atoms with Crippen LogP contribution in [0.2, 0.25) is 0 Å². The molecule has 5 unspecified atom stereocenters. The van der Waals surface area contributed by atoms with Gasteiger partial charge in [0, 0.05) is 12.8 Å². The number of methoxy groups -OCH3 is 1. The van der Waals surface area contributed by atoms with E-state index in [9.17, 15) is 23.2 Å². The van der Waals surface area contributed by atoms with Crippen molar-refractivity contribution < 1.29 is 41.9 Å². The maximum atomic E-state index is 14.9. The Labute approximate surface area is 235 Å². The Kier molecular flexibility index (Phi) is 8.15. The third-order valence-corrected chi connectivity index (χ3v) is 8.84. The number of benzene rings is 1. The number of carbonyl (C=O) groups is 3. The molecular weight excluding hydrogens is 523 g/mol. The van der Waals surface area contributed by atoms with Gasteiger partial charge >= 0.3 is 13.1 Å². The summed E-state index contributed by atoms with van der Waals surface area (Å²) in [5.74, 6) is -4.52. The zero-order valence-corrected chi connectivity index (χ0v) is 24.6. The quantitative estimate of drug-likeness (QED) is 0.347. The number of Topliss-reactive ketones (excluding diaryl/α,β-unsaturated/α-hetero) is 1. The van der Waals surface area contributed by atoms with E-state index in [1.54, 1.807) is 20.8 Å². The van der Waals surface area contributed by atoms with Gasteiger partial charge in [-0.25, -0.2) is 13.6 Å². The fourth-order valence-electron chi connectivity index (χ4n) is 6.65. The molecule has 3 aliphatic carbocycles. The number of amides is 1. The highest BCUT2D eigenvalue weighted by Gasteiger charge is 2.68. The van der Waals surface area contributed by atoms with Crippen LogP contribution >= 0.6 is 0 Å². The number of ether oxygens (including phenoxy) is 2. The zero-order chi connectivity index (χ0) is 29.8. The fraction of sp³-hybridized carbons (Fsp3) is 0.690. The Morgan fingerprint density at radius 3 is 2.42 bits per heavy atom. The molecule has 8 nitrogen and oxygen atoms in total. The van der Waals surface area contributed by atoms with Gasteiger partial charge in [-0.05, 0) is 82.8 Å². The van der Waals surface area contributed by atoms with Crippen LogP contribution in [0.25, 0.3) is 0 Å². The Morgan fingerprint density at radius 1 is 1.18 bits per heavy atom. The normalized spacial score (nSPS) is 27.4. The number of esters is 1. The molecule has 5 atom stereocenters. The van der Waals surface area contributed by atoms with Crippen molar-refractivity contribution in [2.75, 3.05) is 7.11 Å². The van der Waals surface area contributed by atoms with Gasteiger partial charge in [-0.15, -0.1) is 0 Å². The second kappa shape index (κ2) is 10.7. The van der Waals surface area contributed by atoms with Crippen LogP contribution in [0, 0.1) is 28.9 Å². The second-order valence-corrected chi connectivity index (χ2v) is 13.2. The molecule has 3 saturated carbocycles. The van der Waals surface area contributed by atoms with E-state index in [1.807, 2.05) is 6.92 Å². The van der Waals surface area contributed by atoms with Crippen LogP contribution in [0.3, 0.4) is 0 Å². The number of rotatable bonds is 9. The minimum absolute atomic E-state index is 0.0466. The molecule has 1 aromatic carbocycles. The van der Waals surface area contributed by atoms with Crippen LogP contribution in [0.15, 0.2) is 6.07 Å². The molecule has 4 aliphatic rings. The number of carbonyl (C=O) groups excluding carboxylic acids is 3. The number of hydrogen-bond donors (Lipinski definition) is 1. The first kappa shape index (κ1) is 30.4. The van der Waals surface area contributed by atoms with Crippen LogP contribution in [-0.2, 0) is 30.1 Å². The van der Waals surface area contributed by atoms with Crippen molar-refractivity contribution in [2.45, 2.75) is 104 Å². The molecule has 0 spiro atoms. The van der Waals surface area contributed by atoms with Crippen molar-refractivity contribution in [1.29, 1.82) is 0 Å². The lowest BCUT2D eigenvalue weighted by Crippen LogP contribution is -2.65. The molecule has 2 bridgehead atoms.